The van der Waals surface area contributed by atoms with E-state index in [0.29, 0.717) is 0 Å². The second-order valence-corrected chi connectivity index (χ2v) is 4.75. The summed E-state index contributed by atoms with van der Waals surface area (Å²) >= 11 is 0. The van der Waals surface area contributed by atoms with Crippen molar-refractivity contribution in [2.45, 2.75) is 26.7 Å². The zero-order valence-corrected chi connectivity index (χ0v) is 12.1. The Morgan fingerprint density at radius 3 is 2.90 bits per heavy atom. The number of benzene rings is 1. The van der Waals surface area contributed by atoms with Crippen LogP contribution in [-0.4, -0.2) is 6.72 Å². The van der Waals surface area contributed by atoms with Crippen molar-refractivity contribution in [3.05, 3.63) is 64.9 Å². The Labute approximate surface area is 121 Å². The molecular formula is C19H19N. The topological polar surface area (TPSA) is 12.4 Å². The van der Waals surface area contributed by atoms with Gasteiger partial charge in [-0.2, -0.15) is 0 Å². The molecule has 0 radical (unpaired) electrons. The third-order valence-electron chi connectivity index (χ3n) is 3.34. The molecule has 1 aliphatic rings. The van der Waals surface area contributed by atoms with Gasteiger partial charge in [0.05, 0.1) is 0 Å². The highest BCUT2D eigenvalue weighted by atomic mass is 14.7. The first-order chi connectivity index (χ1) is 9.74. The molecule has 1 aromatic carbocycles. The molecular weight excluding hydrogens is 242 g/mol. The summed E-state index contributed by atoms with van der Waals surface area (Å²) in [5, 5.41) is 0. The summed E-state index contributed by atoms with van der Waals surface area (Å²) in [4.78, 5) is 3.89. The Morgan fingerprint density at radius 1 is 1.35 bits per heavy atom. The lowest BCUT2D eigenvalue weighted by Gasteiger charge is -2.13. The number of aryl methyl sites for hydroxylation is 1. The van der Waals surface area contributed by atoms with Crippen LogP contribution in [0.3, 0.4) is 0 Å². The molecule has 1 heteroatoms. The molecule has 0 atom stereocenters. The van der Waals surface area contributed by atoms with Gasteiger partial charge in [-0.1, -0.05) is 48.3 Å². The van der Waals surface area contributed by atoms with Gasteiger partial charge in [-0.25, -0.2) is 0 Å². The SMILES string of the molecule is C=N/C(C)=C\C(C#CC1=CCCc2ccccc21)=C/C. The lowest BCUT2D eigenvalue weighted by Crippen LogP contribution is -1.97. The number of allylic oxidation sites excluding steroid dienone is 6. The van der Waals surface area contributed by atoms with Gasteiger partial charge >= 0.3 is 0 Å². The number of fused-ring (bicyclic) bond motifs is 1. The van der Waals surface area contributed by atoms with Crippen LogP contribution in [0.2, 0.25) is 0 Å². The van der Waals surface area contributed by atoms with Crippen molar-refractivity contribution in [3.63, 3.8) is 0 Å². The second-order valence-electron chi connectivity index (χ2n) is 4.75. The lowest BCUT2D eigenvalue weighted by molar-refractivity contribution is 0.981. The average molecular weight is 261 g/mol. The van der Waals surface area contributed by atoms with Gasteiger partial charge in [0.15, 0.2) is 0 Å². The first-order valence-electron chi connectivity index (χ1n) is 6.86. The minimum absolute atomic E-state index is 0.880. The van der Waals surface area contributed by atoms with Crippen LogP contribution in [-0.2, 0) is 6.42 Å². The van der Waals surface area contributed by atoms with Crippen molar-refractivity contribution < 1.29 is 0 Å². The molecule has 1 aliphatic carbocycles. The molecule has 0 spiro atoms. The maximum absolute atomic E-state index is 3.89. The number of aliphatic imine (C=N–C) groups is 1. The minimum atomic E-state index is 0.880. The summed E-state index contributed by atoms with van der Waals surface area (Å²) in [6.07, 6.45) is 8.35. The van der Waals surface area contributed by atoms with E-state index >= 15 is 0 Å². The number of hydrogen-bond acceptors (Lipinski definition) is 1. The predicted molar refractivity (Wildman–Crippen MR) is 87.6 cm³/mol. The summed E-state index contributed by atoms with van der Waals surface area (Å²) in [5.41, 5.74) is 5.64. The van der Waals surface area contributed by atoms with Crippen molar-refractivity contribution in [1.29, 1.82) is 0 Å². The lowest BCUT2D eigenvalue weighted by atomic mass is 9.91. The highest BCUT2D eigenvalue weighted by molar-refractivity contribution is 5.82. The van der Waals surface area contributed by atoms with E-state index in [2.05, 4.69) is 53.9 Å². The molecule has 0 saturated heterocycles. The maximum Gasteiger partial charge on any atom is 0.0377 e. The molecule has 0 amide bonds. The molecule has 0 heterocycles. The van der Waals surface area contributed by atoms with Crippen LogP contribution >= 0.6 is 0 Å². The van der Waals surface area contributed by atoms with E-state index in [4.69, 9.17) is 0 Å². The summed E-state index contributed by atoms with van der Waals surface area (Å²) in [7, 11) is 0. The predicted octanol–water partition coefficient (Wildman–Crippen LogP) is 4.57. The monoisotopic (exact) mass is 261 g/mol. The van der Waals surface area contributed by atoms with E-state index < -0.39 is 0 Å². The molecule has 20 heavy (non-hydrogen) atoms. The fraction of sp³-hybridized carbons (Fsp3) is 0.211. The van der Waals surface area contributed by atoms with E-state index in [1.807, 2.05) is 26.0 Å². The first kappa shape index (κ1) is 14.1. The quantitative estimate of drug-likeness (QED) is 0.420. The van der Waals surface area contributed by atoms with Crippen LogP contribution in [0.4, 0.5) is 0 Å². The Morgan fingerprint density at radius 2 is 2.15 bits per heavy atom. The largest absolute Gasteiger partial charge is 0.269 e. The van der Waals surface area contributed by atoms with Crippen LogP contribution < -0.4 is 0 Å². The minimum Gasteiger partial charge on any atom is -0.269 e. The van der Waals surface area contributed by atoms with Gasteiger partial charge in [0, 0.05) is 16.8 Å². The fourth-order valence-electron chi connectivity index (χ4n) is 2.20. The molecule has 0 aromatic heterocycles. The molecule has 0 N–H and O–H groups in total. The van der Waals surface area contributed by atoms with Gasteiger partial charge in [0.2, 0.25) is 0 Å². The van der Waals surface area contributed by atoms with E-state index in [0.717, 1.165) is 29.7 Å². The summed E-state index contributed by atoms with van der Waals surface area (Å²) in [5.74, 6) is 6.52. The van der Waals surface area contributed by atoms with Gasteiger partial charge in [-0.15, -0.1) is 0 Å². The normalized spacial score (nSPS) is 14.8. The first-order valence-corrected chi connectivity index (χ1v) is 6.86. The van der Waals surface area contributed by atoms with E-state index in [9.17, 15) is 0 Å². The van der Waals surface area contributed by atoms with Gasteiger partial charge in [0.25, 0.3) is 0 Å². The Kier molecular flexibility index (Phi) is 4.74. The molecule has 0 unspecified atom stereocenters. The molecule has 100 valence electrons. The van der Waals surface area contributed by atoms with Crippen LogP contribution in [0.25, 0.3) is 5.57 Å². The zero-order valence-electron chi connectivity index (χ0n) is 12.1. The zero-order chi connectivity index (χ0) is 14.4. The van der Waals surface area contributed by atoms with Crippen LogP contribution in [0.15, 0.2) is 58.8 Å². The molecule has 1 nitrogen and oxygen atoms in total. The molecule has 0 saturated carbocycles. The number of hydrogen-bond donors (Lipinski definition) is 0. The second kappa shape index (κ2) is 6.73. The maximum atomic E-state index is 3.89. The van der Waals surface area contributed by atoms with Crippen molar-refractivity contribution >= 4 is 12.3 Å². The summed E-state index contributed by atoms with van der Waals surface area (Å²) in [6.45, 7) is 7.43. The highest BCUT2D eigenvalue weighted by Crippen LogP contribution is 2.25. The van der Waals surface area contributed by atoms with Gasteiger partial charge < -0.3 is 0 Å². The van der Waals surface area contributed by atoms with Crippen molar-refractivity contribution in [1.82, 2.24) is 0 Å². The Hall–Kier alpha value is -2.33. The smallest absolute Gasteiger partial charge is 0.0377 e. The van der Waals surface area contributed by atoms with E-state index in [-0.39, 0.29) is 0 Å². The average Bonchev–Trinajstić information content (AvgIpc) is 2.51. The van der Waals surface area contributed by atoms with Crippen LogP contribution in [0, 0.1) is 11.8 Å². The Balaban J connectivity index is 2.30. The molecule has 2 rings (SSSR count). The van der Waals surface area contributed by atoms with Crippen molar-refractivity contribution in [2.24, 2.45) is 4.99 Å². The number of nitrogens with zero attached hydrogens (tertiary/aromatic N) is 1. The van der Waals surface area contributed by atoms with E-state index in [1.165, 1.54) is 11.1 Å². The molecule has 0 aliphatic heterocycles. The van der Waals surface area contributed by atoms with Gasteiger partial charge in [-0.05, 0) is 50.6 Å². The van der Waals surface area contributed by atoms with Crippen LogP contribution in [0.1, 0.15) is 31.4 Å². The Bertz CT molecular complexity index is 660. The molecule has 1 aromatic rings. The summed E-state index contributed by atoms with van der Waals surface area (Å²) in [6, 6.07) is 8.50. The number of rotatable bonds is 2. The van der Waals surface area contributed by atoms with Crippen molar-refractivity contribution in [2.75, 3.05) is 0 Å². The highest BCUT2D eigenvalue weighted by Gasteiger charge is 2.09. The third kappa shape index (κ3) is 3.36. The standard InChI is InChI=1S/C19H19N/c1-4-16(14-15(2)20-3)12-13-18-10-7-9-17-8-5-6-11-19(17)18/h4-6,8,10-11,14H,3,7,9H2,1-2H3/b15-14-,16-4-. The molecule has 0 fully saturated rings. The fourth-order valence-corrected chi connectivity index (χ4v) is 2.20. The van der Waals surface area contributed by atoms with Crippen LogP contribution in [0.5, 0.6) is 0 Å². The third-order valence-corrected chi connectivity index (χ3v) is 3.34. The van der Waals surface area contributed by atoms with Gasteiger partial charge in [0.1, 0.15) is 0 Å². The van der Waals surface area contributed by atoms with Gasteiger partial charge in [-0.3, -0.25) is 4.99 Å². The summed E-state index contributed by atoms with van der Waals surface area (Å²) < 4.78 is 0. The van der Waals surface area contributed by atoms with E-state index in [1.54, 1.807) is 0 Å². The molecule has 0 bridgehead atoms. The van der Waals surface area contributed by atoms with Crippen molar-refractivity contribution in [3.8, 4) is 11.8 Å².